The first-order chi connectivity index (χ1) is 9.20. The van der Waals surface area contributed by atoms with Crippen LogP contribution in [0.3, 0.4) is 0 Å². The quantitative estimate of drug-likeness (QED) is 0.825. The lowest BCUT2D eigenvalue weighted by Gasteiger charge is -2.36. The van der Waals surface area contributed by atoms with E-state index < -0.39 is 0 Å². The van der Waals surface area contributed by atoms with Crippen LogP contribution in [0.4, 0.5) is 0 Å². The Hall–Kier alpha value is -0.530. The third kappa shape index (κ3) is 4.22. The van der Waals surface area contributed by atoms with Gasteiger partial charge in [0.1, 0.15) is 0 Å². The van der Waals surface area contributed by atoms with Crippen LogP contribution >= 0.6 is 11.6 Å². The third-order valence-corrected chi connectivity index (χ3v) is 4.71. The topological polar surface area (TPSA) is 12.0 Å². The Balaban J connectivity index is 2.03. The van der Waals surface area contributed by atoms with Crippen molar-refractivity contribution in [2.45, 2.75) is 52.0 Å². The molecule has 1 aliphatic carbocycles. The van der Waals surface area contributed by atoms with Gasteiger partial charge in [-0.15, -0.1) is 0 Å². The van der Waals surface area contributed by atoms with Gasteiger partial charge in [-0.2, -0.15) is 0 Å². The molecule has 106 valence electrons. The maximum absolute atomic E-state index is 6.31. The van der Waals surface area contributed by atoms with E-state index in [1.807, 2.05) is 12.1 Å². The molecule has 1 aromatic carbocycles. The summed E-state index contributed by atoms with van der Waals surface area (Å²) in [6, 6.07) is 8.98. The first-order valence-electron chi connectivity index (χ1n) is 7.67. The average Bonchev–Trinajstić information content (AvgIpc) is 2.40. The lowest BCUT2D eigenvalue weighted by atomic mass is 9.76. The van der Waals surface area contributed by atoms with Gasteiger partial charge in [-0.1, -0.05) is 43.6 Å². The van der Waals surface area contributed by atoms with Crippen molar-refractivity contribution in [3.63, 3.8) is 0 Å². The van der Waals surface area contributed by atoms with Gasteiger partial charge in [-0.05, 0) is 62.1 Å². The fourth-order valence-corrected chi connectivity index (χ4v) is 3.48. The Morgan fingerprint density at radius 1 is 1.26 bits per heavy atom. The molecular formula is C17H26ClN. The summed E-state index contributed by atoms with van der Waals surface area (Å²) in [4.78, 5) is 0. The summed E-state index contributed by atoms with van der Waals surface area (Å²) in [5.74, 6) is 1.59. The molecule has 0 heterocycles. The molecule has 19 heavy (non-hydrogen) atoms. The molecule has 3 unspecified atom stereocenters. The van der Waals surface area contributed by atoms with Crippen LogP contribution in [0.2, 0.25) is 5.02 Å². The van der Waals surface area contributed by atoms with E-state index in [2.05, 4.69) is 31.3 Å². The number of rotatable bonds is 5. The van der Waals surface area contributed by atoms with Gasteiger partial charge in [0.15, 0.2) is 0 Å². The van der Waals surface area contributed by atoms with Crippen LogP contribution in [0.25, 0.3) is 0 Å². The van der Waals surface area contributed by atoms with E-state index in [0.29, 0.717) is 6.04 Å². The highest BCUT2D eigenvalue weighted by atomic mass is 35.5. The molecule has 0 aliphatic heterocycles. The summed E-state index contributed by atoms with van der Waals surface area (Å²) in [6.45, 7) is 5.76. The molecule has 0 spiro atoms. The van der Waals surface area contributed by atoms with Gasteiger partial charge in [0.25, 0.3) is 0 Å². The van der Waals surface area contributed by atoms with E-state index in [4.69, 9.17) is 11.6 Å². The Morgan fingerprint density at radius 2 is 2.05 bits per heavy atom. The molecule has 1 aromatic rings. The van der Waals surface area contributed by atoms with Gasteiger partial charge in [0.2, 0.25) is 0 Å². The highest BCUT2D eigenvalue weighted by molar-refractivity contribution is 6.31. The van der Waals surface area contributed by atoms with Crippen LogP contribution in [0.1, 0.15) is 45.1 Å². The van der Waals surface area contributed by atoms with Crippen molar-refractivity contribution in [2.24, 2.45) is 11.8 Å². The highest BCUT2D eigenvalue weighted by Crippen LogP contribution is 2.32. The standard InChI is InChI=1S/C17H26ClN/c1-3-10-19-17-9-8-13(2)11-15(17)12-14-6-4-5-7-16(14)18/h4-7,13,15,17,19H,3,8-12H2,1-2H3. The first-order valence-corrected chi connectivity index (χ1v) is 8.05. The first kappa shape index (κ1) is 14.9. The van der Waals surface area contributed by atoms with Crippen LogP contribution in [0, 0.1) is 11.8 Å². The van der Waals surface area contributed by atoms with Gasteiger partial charge in [0.05, 0.1) is 0 Å². The van der Waals surface area contributed by atoms with Crippen molar-refractivity contribution in [3.05, 3.63) is 34.9 Å². The maximum Gasteiger partial charge on any atom is 0.0438 e. The third-order valence-electron chi connectivity index (χ3n) is 4.34. The van der Waals surface area contributed by atoms with E-state index in [-0.39, 0.29) is 0 Å². The molecule has 0 saturated heterocycles. The molecule has 0 bridgehead atoms. The largest absolute Gasteiger partial charge is 0.314 e. The van der Waals surface area contributed by atoms with Crippen molar-refractivity contribution < 1.29 is 0 Å². The molecule has 1 aliphatic rings. The van der Waals surface area contributed by atoms with Crippen molar-refractivity contribution in [2.75, 3.05) is 6.54 Å². The Bertz CT molecular complexity index is 389. The molecule has 1 N–H and O–H groups in total. The van der Waals surface area contributed by atoms with Gasteiger partial charge < -0.3 is 5.32 Å². The van der Waals surface area contributed by atoms with Crippen LogP contribution in [0.15, 0.2) is 24.3 Å². The number of hydrogen-bond acceptors (Lipinski definition) is 1. The fourth-order valence-electron chi connectivity index (χ4n) is 3.27. The maximum atomic E-state index is 6.31. The highest BCUT2D eigenvalue weighted by Gasteiger charge is 2.28. The summed E-state index contributed by atoms with van der Waals surface area (Å²) < 4.78 is 0. The van der Waals surface area contributed by atoms with E-state index in [9.17, 15) is 0 Å². The molecule has 0 aromatic heterocycles. The molecule has 2 rings (SSSR count). The summed E-state index contributed by atoms with van der Waals surface area (Å²) in [7, 11) is 0. The van der Waals surface area contributed by atoms with Crippen molar-refractivity contribution in [1.82, 2.24) is 5.32 Å². The lowest BCUT2D eigenvalue weighted by Crippen LogP contribution is -2.41. The van der Waals surface area contributed by atoms with Gasteiger partial charge in [-0.3, -0.25) is 0 Å². The molecule has 2 heteroatoms. The van der Waals surface area contributed by atoms with Gasteiger partial charge >= 0.3 is 0 Å². The normalized spacial score (nSPS) is 27.4. The van der Waals surface area contributed by atoms with E-state index in [1.165, 1.54) is 31.2 Å². The second-order valence-electron chi connectivity index (χ2n) is 6.03. The second kappa shape index (κ2) is 7.31. The summed E-state index contributed by atoms with van der Waals surface area (Å²) in [5.41, 5.74) is 1.31. The summed E-state index contributed by atoms with van der Waals surface area (Å²) in [5, 5.41) is 4.66. The van der Waals surface area contributed by atoms with Gasteiger partial charge in [-0.25, -0.2) is 0 Å². The van der Waals surface area contributed by atoms with E-state index in [1.54, 1.807) is 0 Å². The lowest BCUT2D eigenvalue weighted by molar-refractivity contribution is 0.212. The van der Waals surface area contributed by atoms with Crippen molar-refractivity contribution in [3.8, 4) is 0 Å². The molecule has 1 nitrogen and oxygen atoms in total. The monoisotopic (exact) mass is 279 g/mol. The summed E-state index contributed by atoms with van der Waals surface area (Å²) >= 11 is 6.31. The predicted octanol–water partition coefficient (Wildman–Crippen LogP) is 4.69. The zero-order chi connectivity index (χ0) is 13.7. The molecule has 1 saturated carbocycles. The summed E-state index contributed by atoms with van der Waals surface area (Å²) in [6.07, 6.45) is 6.33. The molecule has 0 amide bonds. The minimum atomic E-state index is 0.674. The average molecular weight is 280 g/mol. The predicted molar refractivity (Wildman–Crippen MR) is 83.7 cm³/mol. The fraction of sp³-hybridized carbons (Fsp3) is 0.647. The zero-order valence-electron chi connectivity index (χ0n) is 12.2. The number of nitrogens with one attached hydrogen (secondary N) is 1. The Kier molecular flexibility index (Phi) is 5.72. The minimum Gasteiger partial charge on any atom is -0.314 e. The van der Waals surface area contributed by atoms with Gasteiger partial charge in [0, 0.05) is 11.1 Å². The number of halogens is 1. The van der Waals surface area contributed by atoms with Crippen LogP contribution in [0.5, 0.6) is 0 Å². The number of hydrogen-bond donors (Lipinski definition) is 1. The van der Waals surface area contributed by atoms with Crippen LogP contribution in [-0.4, -0.2) is 12.6 Å². The Morgan fingerprint density at radius 3 is 2.79 bits per heavy atom. The van der Waals surface area contributed by atoms with Crippen LogP contribution in [-0.2, 0) is 6.42 Å². The SMILES string of the molecule is CCCNC1CCC(C)CC1Cc1ccccc1Cl. The van der Waals surface area contributed by atoms with Crippen molar-refractivity contribution in [1.29, 1.82) is 0 Å². The van der Waals surface area contributed by atoms with Crippen LogP contribution < -0.4 is 5.32 Å². The smallest absolute Gasteiger partial charge is 0.0438 e. The molecule has 3 atom stereocenters. The minimum absolute atomic E-state index is 0.674. The van der Waals surface area contributed by atoms with E-state index >= 15 is 0 Å². The molecule has 1 fully saturated rings. The Labute approximate surface area is 122 Å². The molecule has 0 radical (unpaired) electrons. The number of benzene rings is 1. The van der Waals surface area contributed by atoms with E-state index in [0.717, 1.165) is 29.8 Å². The second-order valence-corrected chi connectivity index (χ2v) is 6.44. The zero-order valence-corrected chi connectivity index (χ0v) is 12.9. The van der Waals surface area contributed by atoms with Crippen molar-refractivity contribution >= 4 is 11.6 Å². The molecular weight excluding hydrogens is 254 g/mol.